The summed E-state index contributed by atoms with van der Waals surface area (Å²) in [7, 11) is 1.71. The second-order valence-corrected chi connectivity index (χ2v) is 5.63. The summed E-state index contributed by atoms with van der Waals surface area (Å²) in [5, 5.41) is 0.940. The first-order chi connectivity index (χ1) is 9.76. The largest absolute Gasteiger partial charge is 0.496 e. The van der Waals surface area contributed by atoms with Crippen LogP contribution in [0.15, 0.2) is 47.6 Å². The molecule has 3 aromatic rings. The van der Waals surface area contributed by atoms with Gasteiger partial charge in [0.25, 0.3) is 0 Å². The molecule has 0 unspecified atom stereocenters. The number of para-hydroxylation sites is 2. The minimum atomic E-state index is 0.838. The van der Waals surface area contributed by atoms with Gasteiger partial charge < -0.3 is 9.72 Å². The molecule has 0 aliphatic carbocycles. The molecule has 0 atom stereocenters. The van der Waals surface area contributed by atoms with Crippen LogP contribution in [0, 0.1) is 6.92 Å². The van der Waals surface area contributed by atoms with Crippen molar-refractivity contribution in [2.24, 2.45) is 0 Å². The fourth-order valence-electron chi connectivity index (χ4n) is 2.16. The molecule has 4 heteroatoms. The molecule has 2 aromatic carbocycles. The van der Waals surface area contributed by atoms with Crippen LogP contribution in [0.5, 0.6) is 5.75 Å². The summed E-state index contributed by atoms with van der Waals surface area (Å²) in [6, 6.07) is 14.3. The number of fused-ring (bicyclic) bond motifs is 1. The van der Waals surface area contributed by atoms with Gasteiger partial charge >= 0.3 is 0 Å². The summed E-state index contributed by atoms with van der Waals surface area (Å²) in [4.78, 5) is 7.90. The fourth-order valence-corrected chi connectivity index (χ4v) is 3.03. The van der Waals surface area contributed by atoms with Gasteiger partial charge in [0.05, 0.1) is 18.1 Å². The number of thioether (sulfide) groups is 1. The van der Waals surface area contributed by atoms with Crippen molar-refractivity contribution >= 4 is 22.8 Å². The molecule has 1 heterocycles. The highest BCUT2D eigenvalue weighted by molar-refractivity contribution is 7.98. The van der Waals surface area contributed by atoms with Gasteiger partial charge in [-0.05, 0) is 25.1 Å². The van der Waals surface area contributed by atoms with Crippen LogP contribution in [0.25, 0.3) is 11.0 Å². The summed E-state index contributed by atoms with van der Waals surface area (Å²) < 4.78 is 5.40. The molecule has 1 N–H and O–H groups in total. The number of ether oxygens (including phenoxy) is 1. The molecule has 1 aromatic heterocycles. The smallest absolute Gasteiger partial charge is 0.166 e. The van der Waals surface area contributed by atoms with Crippen molar-refractivity contribution in [2.45, 2.75) is 17.8 Å². The van der Waals surface area contributed by atoms with Crippen molar-refractivity contribution in [3.63, 3.8) is 0 Å². The first kappa shape index (κ1) is 13.1. The number of rotatable bonds is 4. The molecule has 0 spiro atoms. The van der Waals surface area contributed by atoms with Crippen molar-refractivity contribution in [3.8, 4) is 5.75 Å². The molecule has 20 heavy (non-hydrogen) atoms. The quantitative estimate of drug-likeness (QED) is 0.731. The number of aromatic nitrogens is 2. The molecular formula is C16H16N2OS. The number of imidazole rings is 1. The van der Waals surface area contributed by atoms with Crippen LogP contribution >= 0.6 is 11.8 Å². The molecule has 0 fully saturated rings. The summed E-state index contributed by atoms with van der Waals surface area (Å²) in [5.74, 6) is 1.77. The Balaban J connectivity index is 1.80. The average molecular weight is 284 g/mol. The number of aromatic amines is 1. The van der Waals surface area contributed by atoms with Gasteiger partial charge in [-0.15, -0.1) is 0 Å². The number of hydrogen-bond donors (Lipinski definition) is 1. The Morgan fingerprint density at radius 1 is 1.20 bits per heavy atom. The van der Waals surface area contributed by atoms with E-state index in [1.54, 1.807) is 18.9 Å². The molecule has 3 nitrogen and oxygen atoms in total. The van der Waals surface area contributed by atoms with Crippen molar-refractivity contribution < 1.29 is 4.74 Å². The van der Waals surface area contributed by atoms with E-state index in [1.165, 1.54) is 11.1 Å². The zero-order valence-electron chi connectivity index (χ0n) is 11.5. The van der Waals surface area contributed by atoms with Gasteiger partial charge in [0, 0.05) is 11.3 Å². The van der Waals surface area contributed by atoms with Crippen molar-refractivity contribution in [1.82, 2.24) is 9.97 Å². The lowest BCUT2D eigenvalue weighted by atomic mass is 10.1. The molecule has 0 aliphatic heterocycles. The van der Waals surface area contributed by atoms with E-state index >= 15 is 0 Å². The highest BCUT2D eigenvalue weighted by Gasteiger charge is 2.07. The van der Waals surface area contributed by atoms with Gasteiger partial charge in [-0.25, -0.2) is 4.98 Å². The van der Waals surface area contributed by atoms with E-state index in [0.717, 1.165) is 27.7 Å². The van der Waals surface area contributed by atoms with Gasteiger partial charge in [-0.3, -0.25) is 0 Å². The highest BCUT2D eigenvalue weighted by Crippen LogP contribution is 2.28. The maximum atomic E-state index is 5.40. The molecule has 3 rings (SSSR count). The van der Waals surface area contributed by atoms with Crippen molar-refractivity contribution in [3.05, 3.63) is 53.6 Å². The molecule has 0 saturated carbocycles. The van der Waals surface area contributed by atoms with Gasteiger partial charge in [0.15, 0.2) is 5.16 Å². The third-order valence-corrected chi connectivity index (χ3v) is 4.09. The zero-order valence-corrected chi connectivity index (χ0v) is 12.3. The number of nitrogens with zero attached hydrogens (tertiary/aromatic N) is 1. The second kappa shape index (κ2) is 5.59. The predicted molar refractivity (Wildman–Crippen MR) is 83.4 cm³/mol. The van der Waals surface area contributed by atoms with E-state index in [9.17, 15) is 0 Å². The first-order valence-corrected chi connectivity index (χ1v) is 7.46. The zero-order chi connectivity index (χ0) is 13.9. The number of H-pyrrole nitrogens is 1. The number of benzene rings is 2. The molecule has 0 aliphatic rings. The van der Waals surface area contributed by atoms with Gasteiger partial charge in [0.2, 0.25) is 0 Å². The lowest BCUT2D eigenvalue weighted by molar-refractivity contribution is 0.411. The topological polar surface area (TPSA) is 37.9 Å². The SMILES string of the molecule is COc1ccc(C)cc1CSc1nc2ccccc2[nH]1. The minimum Gasteiger partial charge on any atom is -0.496 e. The van der Waals surface area contributed by atoms with Crippen LogP contribution in [0.2, 0.25) is 0 Å². The Kier molecular flexibility index (Phi) is 3.65. The molecule has 0 radical (unpaired) electrons. The van der Waals surface area contributed by atoms with E-state index in [4.69, 9.17) is 4.74 Å². The minimum absolute atomic E-state index is 0.838. The number of nitrogens with one attached hydrogen (secondary N) is 1. The van der Waals surface area contributed by atoms with E-state index in [2.05, 4.69) is 29.0 Å². The Labute approximate surface area is 122 Å². The summed E-state index contributed by atoms with van der Waals surface area (Å²) >= 11 is 1.69. The Morgan fingerprint density at radius 2 is 2.05 bits per heavy atom. The summed E-state index contributed by atoms with van der Waals surface area (Å²) in [6.45, 7) is 2.09. The van der Waals surface area contributed by atoms with E-state index < -0.39 is 0 Å². The van der Waals surface area contributed by atoms with E-state index in [0.29, 0.717) is 0 Å². The Morgan fingerprint density at radius 3 is 2.85 bits per heavy atom. The molecular weight excluding hydrogens is 268 g/mol. The monoisotopic (exact) mass is 284 g/mol. The average Bonchev–Trinajstić information content (AvgIpc) is 2.88. The standard InChI is InChI=1S/C16H16N2OS/c1-11-7-8-15(19-2)12(9-11)10-20-16-17-13-5-3-4-6-14(13)18-16/h3-9H,10H2,1-2H3,(H,17,18). The summed E-state index contributed by atoms with van der Waals surface area (Å²) in [5.41, 5.74) is 4.52. The Bertz CT molecular complexity index is 703. The van der Waals surface area contributed by atoms with Crippen LogP contribution in [-0.4, -0.2) is 17.1 Å². The van der Waals surface area contributed by atoms with Crippen molar-refractivity contribution in [2.75, 3.05) is 7.11 Å². The normalized spacial score (nSPS) is 10.9. The lowest BCUT2D eigenvalue weighted by Crippen LogP contribution is -1.91. The molecule has 0 saturated heterocycles. The van der Waals surface area contributed by atoms with E-state index in [1.807, 2.05) is 30.3 Å². The van der Waals surface area contributed by atoms with E-state index in [-0.39, 0.29) is 0 Å². The predicted octanol–water partition coefficient (Wildman–Crippen LogP) is 4.17. The van der Waals surface area contributed by atoms with Gasteiger partial charge in [0.1, 0.15) is 5.75 Å². The van der Waals surface area contributed by atoms with Crippen LogP contribution in [0.3, 0.4) is 0 Å². The Hall–Kier alpha value is -1.94. The summed E-state index contributed by atoms with van der Waals surface area (Å²) in [6.07, 6.45) is 0. The third kappa shape index (κ3) is 2.65. The van der Waals surface area contributed by atoms with Gasteiger partial charge in [-0.2, -0.15) is 0 Å². The number of aryl methyl sites for hydroxylation is 1. The third-order valence-electron chi connectivity index (χ3n) is 3.17. The number of hydrogen-bond acceptors (Lipinski definition) is 3. The first-order valence-electron chi connectivity index (χ1n) is 6.47. The fraction of sp³-hybridized carbons (Fsp3) is 0.188. The molecule has 102 valence electrons. The van der Waals surface area contributed by atoms with Crippen LogP contribution in [-0.2, 0) is 5.75 Å². The van der Waals surface area contributed by atoms with Crippen LogP contribution in [0.1, 0.15) is 11.1 Å². The highest BCUT2D eigenvalue weighted by atomic mass is 32.2. The lowest BCUT2D eigenvalue weighted by Gasteiger charge is -2.08. The molecule has 0 amide bonds. The number of methoxy groups -OCH3 is 1. The van der Waals surface area contributed by atoms with Crippen LogP contribution in [0.4, 0.5) is 0 Å². The van der Waals surface area contributed by atoms with Gasteiger partial charge in [-0.1, -0.05) is 41.6 Å². The second-order valence-electron chi connectivity index (χ2n) is 4.66. The van der Waals surface area contributed by atoms with Crippen molar-refractivity contribution in [1.29, 1.82) is 0 Å². The maximum absolute atomic E-state index is 5.40. The van der Waals surface area contributed by atoms with Crippen LogP contribution < -0.4 is 4.74 Å². The molecule has 0 bridgehead atoms. The maximum Gasteiger partial charge on any atom is 0.166 e.